The maximum Gasteiger partial charge on any atom is 0.250 e. The van der Waals surface area contributed by atoms with Gasteiger partial charge in [-0.3, -0.25) is 10.1 Å². The van der Waals surface area contributed by atoms with Gasteiger partial charge in [0.05, 0.1) is 0 Å². The second kappa shape index (κ2) is 6.11. The van der Waals surface area contributed by atoms with Gasteiger partial charge in [-0.1, -0.05) is 41.9 Å². The van der Waals surface area contributed by atoms with Gasteiger partial charge in [0.15, 0.2) is 0 Å². The van der Waals surface area contributed by atoms with Gasteiger partial charge in [0, 0.05) is 11.8 Å². The molecule has 1 amide bonds. The molecule has 0 spiro atoms. The first-order valence-corrected chi connectivity index (χ1v) is 6.06. The van der Waals surface area contributed by atoms with E-state index in [1.807, 2.05) is 30.3 Å². The van der Waals surface area contributed by atoms with E-state index in [-0.39, 0.29) is 11.9 Å². The first-order chi connectivity index (χ1) is 9.13. The van der Waals surface area contributed by atoms with Crippen LogP contribution in [0.3, 0.4) is 0 Å². The second-order valence-corrected chi connectivity index (χ2v) is 4.28. The molecule has 1 aromatic heterocycles. The number of anilines is 1. The maximum absolute atomic E-state index is 11.7. The summed E-state index contributed by atoms with van der Waals surface area (Å²) in [7, 11) is 0. The first kappa shape index (κ1) is 13.2. The molecule has 1 heterocycles. The molecule has 5 heteroatoms. The summed E-state index contributed by atoms with van der Waals surface area (Å²) in [6, 6.07) is 11.2. The fourth-order valence-electron chi connectivity index (χ4n) is 1.47. The van der Waals surface area contributed by atoms with Crippen molar-refractivity contribution in [2.45, 2.75) is 6.92 Å². The number of nitrogens with zero attached hydrogens (tertiary/aromatic N) is 2. The average Bonchev–Trinajstić information content (AvgIpc) is 2.36. The number of aryl methyl sites for hydroxylation is 1. The van der Waals surface area contributed by atoms with Gasteiger partial charge in [0.25, 0.3) is 5.91 Å². The first-order valence-electron chi connectivity index (χ1n) is 5.69. The molecule has 0 aliphatic carbocycles. The summed E-state index contributed by atoms with van der Waals surface area (Å²) >= 11 is 5.79. The normalized spacial score (nSPS) is 10.6. The molecular weight excluding hydrogens is 262 g/mol. The van der Waals surface area contributed by atoms with Crippen LogP contribution in [0.5, 0.6) is 0 Å². The quantitative estimate of drug-likeness (QED) is 0.691. The Kier molecular flexibility index (Phi) is 4.26. The minimum atomic E-state index is -0.300. The molecule has 0 aliphatic heterocycles. The van der Waals surface area contributed by atoms with Gasteiger partial charge in [0.2, 0.25) is 5.95 Å². The topological polar surface area (TPSA) is 54.9 Å². The Morgan fingerprint density at radius 1 is 1.26 bits per heavy atom. The summed E-state index contributed by atoms with van der Waals surface area (Å²) in [6.45, 7) is 1.78. The molecule has 2 aromatic rings. The highest BCUT2D eigenvalue weighted by Crippen LogP contribution is 2.09. The molecule has 4 nitrogen and oxygen atoms in total. The number of carbonyl (C=O) groups excluding carboxylic acids is 1. The molecule has 0 aliphatic rings. The van der Waals surface area contributed by atoms with Gasteiger partial charge in [-0.15, -0.1) is 0 Å². The molecule has 0 saturated carbocycles. The zero-order chi connectivity index (χ0) is 13.7. The fraction of sp³-hybridized carbons (Fsp3) is 0.0714. The average molecular weight is 274 g/mol. The molecule has 1 N–H and O–H groups in total. The lowest BCUT2D eigenvalue weighted by molar-refractivity contribution is -0.111. The molecular formula is C14H12ClN3O. The summed E-state index contributed by atoms with van der Waals surface area (Å²) in [5.74, 6) is -0.0989. The van der Waals surface area contributed by atoms with Gasteiger partial charge in [0.1, 0.15) is 5.15 Å². The van der Waals surface area contributed by atoms with E-state index in [0.717, 1.165) is 5.56 Å². The Morgan fingerprint density at radius 2 is 2.00 bits per heavy atom. The van der Waals surface area contributed by atoms with E-state index in [1.165, 1.54) is 6.08 Å². The van der Waals surface area contributed by atoms with Crippen LogP contribution >= 0.6 is 11.6 Å². The van der Waals surface area contributed by atoms with Crippen molar-refractivity contribution in [3.05, 3.63) is 58.9 Å². The molecule has 96 valence electrons. The predicted octanol–water partition coefficient (Wildman–Crippen LogP) is 3.09. The molecule has 0 bridgehead atoms. The van der Waals surface area contributed by atoms with Crippen LogP contribution < -0.4 is 5.32 Å². The van der Waals surface area contributed by atoms with Crippen LogP contribution in [-0.4, -0.2) is 15.9 Å². The van der Waals surface area contributed by atoms with Gasteiger partial charge >= 0.3 is 0 Å². The SMILES string of the molecule is Cc1cc(Cl)nc(NC(=O)/C=C/c2ccccc2)n1. The molecule has 1 aromatic carbocycles. The monoisotopic (exact) mass is 273 g/mol. The van der Waals surface area contributed by atoms with Crippen LogP contribution in [0.2, 0.25) is 5.15 Å². The summed E-state index contributed by atoms with van der Waals surface area (Å²) in [6.07, 6.45) is 3.14. The van der Waals surface area contributed by atoms with Crippen molar-refractivity contribution >= 4 is 29.5 Å². The Bertz CT molecular complexity index is 591. The fourth-order valence-corrected chi connectivity index (χ4v) is 1.71. The molecule has 0 atom stereocenters. The lowest BCUT2D eigenvalue weighted by atomic mass is 10.2. The van der Waals surface area contributed by atoms with E-state index in [4.69, 9.17) is 11.6 Å². The van der Waals surface area contributed by atoms with Crippen molar-refractivity contribution in [1.29, 1.82) is 0 Å². The molecule has 0 saturated heterocycles. The lowest BCUT2D eigenvalue weighted by Gasteiger charge is -2.01. The molecule has 0 radical (unpaired) electrons. The van der Waals surface area contributed by atoms with Crippen molar-refractivity contribution < 1.29 is 4.79 Å². The van der Waals surface area contributed by atoms with Gasteiger partial charge < -0.3 is 0 Å². The van der Waals surface area contributed by atoms with E-state index < -0.39 is 0 Å². The predicted molar refractivity (Wildman–Crippen MR) is 75.9 cm³/mol. The van der Waals surface area contributed by atoms with Crippen LogP contribution in [0.25, 0.3) is 6.08 Å². The Hall–Kier alpha value is -2.20. The molecule has 2 rings (SSSR count). The Balaban J connectivity index is 2.03. The van der Waals surface area contributed by atoms with E-state index >= 15 is 0 Å². The maximum atomic E-state index is 11.7. The Morgan fingerprint density at radius 3 is 2.68 bits per heavy atom. The number of aromatic nitrogens is 2. The number of hydrogen-bond acceptors (Lipinski definition) is 3. The highest BCUT2D eigenvalue weighted by Gasteiger charge is 2.03. The van der Waals surface area contributed by atoms with Crippen molar-refractivity contribution in [3.63, 3.8) is 0 Å². The summed E-state index contributed by atoms with van der Waals surface area (Å²) in [4.78, 5) is 19.7. The summed E-state index contributed by atoms with van der Waals surface area (Å²) in [5, 5.41) is 2.86. The van der Waals surface area contributed by atoms with E-state index in [0.29, 0.717) is 10.8 Å². The van der Waals surface area contributed by atoms with E-state index in [1.54, 1.807) is 19.1 Å². The molecule has 0 fully saturated rings. The van der Waals surface area contributed by atoms with Crippen LogP contribution in [0.4, 0.5) is 5.95 Å². The van der Waals surface area contributed by atoms with Crippen molar-refractivity contribution in [3.8, 4) is 0 Å². The number of hydrogen-bond donors (Lipinski definition) is 1. The third kappa shape index (κ3) is 4.19. The van der Waals surface area contributed by atoms with Gasteiger partial charge in [-0.2, -0.15) is 0 Å². The second-order valence-electron chi connectivity index (χ2n) is 3.89. The summed E-state index contributed by atoms with van der Waals surface area (Å²) < 4.78 is 0. The lowest BCUT2D eigenvalue weighted by Crippen LogP contribution is -2.11. The van der Waals surface area contributed by atoms with Crippen LogP contribution in [0.1, 0.15) is 11.3 Å². The number of rotatable bonds is 3. The molecule has 19 heavy (non-hydrogen) atoms. The van der Waals surface area contributed by atoms with E-state index in [2.05, 4.69) is 15.3 Å². The standard InChI is InChI=1S/C14H12ClN3O/c1-10-9-12(15)17-14(16-10)18-13(19)8-7-11-5-3-2-4-6-11/h2-9H,1H3,(H,16,17,18,19)/b8-7+. The van der Waals surface area contributed by atoms with Crippen molar-refractivity contribution in [2.75, 3.05) is 5.32 Å². The van der Waals surface area contributed by atoms with Gasteiger partial charge in [-0.05, 0) is 24.6 Å². The van der Waals surface area contributed by atoms with Crippen LogP contribution in [0.15, 0.2) is 42.5 Å². The van der Waals surface area contributed by atoms with Crippen LogP contribution in [0, 0.1) is 6.92 Å². The zero-order valence-corrected chi connectivity index (χ0v) is 11.1. The number of nitrogens with one attached hydrogen (secondary N) is 1. The molecule has 0 unspecified atom stereocenters. The largest absolute Gasteiger partial charge is 0.291 e. The third-order valence-corrected chi connectivity index (χ3v) is 2.48. The summed E-state index contributed by atoms with van der Waals surface area (Å²) in [5.41, 5.74) is 1.64. The van der Waals surface area contributed by atoms with Crippen LogP contribution in [-0.2, 0) is 4.79 Å². The number of benzene rings is 1. The van der Waals surface area contributed by atoms with E-state index in [9.17, 15) is 4.79 Å². The smallest absolute Gasteiger partial charge is 0.250 e. The van der Waals surface area contributed by atoms with Gasteiger partial charge in [-0.25, -0.2) is 9.97 Å². The number of halogens is 1. The Labute approximate surface area is 116 Å². The highest BCUT2D eigenvalue weighted by molar-refractivity contribution is 6.29. The third-order valence-electron chi connectivity index (χ3n) is 2.28. The highest BCUT2D eigenvalue weighted by atomic mass is 35.5. The van der Waals surface area contributed by atoms with Crippen molar-refractivity contribution in [1.82, 2.24) is 9.97 Å². The minimum Gasteiger partial charge on any atom is -0.291 e. The van der Waals surface area contributed by atoms with Crippen molar-refractivity contribution in [2.24, 2.45) is 0 Å². The number of amides is 1. The zero-order valence-electron chi connectivity index (χ0n) is 10.3. The number of carbonyl (C=O) groups is 1. The minimum absolute atomic E-state index is 0.202.